The Kier molecular flexibility index (Phi) is 3.78. The van der Waals surface area contributed by atoms with Crippen LogP contribution in [0.25, 0.3) is 18.3 Å². The average Bonchev–Trinajstić information content (AvgIpc) is 3.12. The fourth-order valence-electron chi connectivity index (χ4n) is 2.16. The summed E-state index contributed by atoms with van der Waals surface area (Å²) in [6, 6.07) is 10.5. The van der Waals surface area contributed by atoms with Crippen LogP contribution in [-0.4, -0.2) is 15.0 Å². The van der Waals surface area contributed by atoms with E-state index in [4.69, 9.17) is 9.67 Å². The first-order chi connectivity index (χ1) is 10.7. The highest BCUT2D eigenvalue weighted by Crippen LogP contribution is 2.07. The van der Waals surface area contributed by atoms with Gasteiger partial charge >= 0.3 is 0 Å². The second-order valence-corrected chi connectivity index (χ2v) is 4.74. The summed E-state index contributed by atoms with van der Waals surface area (Å²) in [5, 5.41) is 12.3. The third-order valence-corrected chi connectivity index (χ3v) is 3.26. The number of furan rings is 1. The van der Waals surface area contributed by atoms with Gasteiger partial charge in [-0.3, -0.25) is 15.2 Å². The highest BCUT2D eigenvalue weighted by molar-refractivity contribution is 5.43. The lowest BCUT2D eigenvalue weighted by Gasteiger charge is -2.02. The summed E-state index contributed by atoms with van der Waals surface area (Å²) in [6.07, 6.45) is 3.19. The molecular formula is C16H14N2O4. The van der Waals surface area contributed by atoms with Crippen LogP contribution in [-0.2, 0) is 11.5 Å². The van der Waals surface area contributed by atoms with E-state index in [-0.39, 0.29) is 12.2 Å². The minimum Gasteiger partial charge on any atom is -0.465 e. The first-order valence-electron chi connectivity index (χ1n) is 6.60. The molecule has 0 aliphatic rings. The minimum absolute atomic E-state index is 0.0952. The van der Waals surface area contributed by atoms with Crippen LogP contribution < -0.4 is 16.1 Å². The topological polar surface area (TPSA) is 80.4 Å². The molecule has 1 aromatic carbocycles. The Labute approximate surface area is 125 Å². The number of hydrogen-bond acceptors (Lipinski definition) is 4. The first kappa shape index (κ1) is 14.1. The van der Waals surface area contributed by atoms with E-state index < -0.39 is 0 Å². The van der Waals surface area contributed by atoms with Crippen molar-refractivity contribution in [2.75, 3.05) is 0 Å². The zero-order chi connectivity index (χ0) is 15.5. The predicted octanol–water partition coefficient (Wildman–Crippen LogP) is 0.987. The molecule has 2 N–H and O–H groups in total. The minimum atomic E-state index is -0.215. The molecule has 6 nitrogen and oxygen atoms in total. The number of benzene rings is 1. The van der Waals surface area contributed by atoms with Crippen molar-refractivity contribution in [3.05, 3.63) is 74.9 Å². The molecule has 0 saturated heterocycles. The lowest BCUT2D eigenvalue weighted by molar-refractivity contribution is -0.253. The van der Waals surface area contributed by atoms with Crippen molar-refractivity contribution in [1.29, 1.82) is 0 Å². The number of aromatic amines is 1. The Morgan fingerprint density at radius 2 is 2.09 bits per heavy atom. The molecule has 0 unspecified atom stereocenters. The summed E-state index contributed by atoms with van der Waals surface area (Å²) in [5.74, 6) is 0.587. The van der Waals surface area contributed by atoms with Gasteiger partial charge in [0, 0.05) is 0 Å². The molecule has 0 bridgehead atoms. The highest BCUT2D eigenvalue weighted by atomic mass is 17.1. The maximum Gasteiger partial charge on any atom is 0.279 e. The van der Waals surface area contributed by atoms with Crippen molar-refractivity contribution < 1.29 is 14.6 Å². The zero-order valence-corrected chi connectivity index (χ0v) is 11.7. The molecule has 0 amide bonds. The number of nitrogens with zero attached hydrogens (tertiary/aromatic N) is 1. The molecule has 3 aromatic rings. The molecule has 0 radical (unpaired) electrons. The van der Waals surface area contributed by atoms with E-state index in [0.717, 1.165) is 5.56 Å². The molecule has 3 rings (SSSR count). The first-order valence-corrected chi connectivity index (χ1v) is 6.60. The summed E-state index contributed by atoms with van der Waals surface area (Å²) in [5.41, 5.74) is 1.24. The van der Waals surface area contributed by atoms with Gasteiger partial charge in [0.1, 0.15) is 12.4 Å². The SMILES string of the molecule is C=c1[nH]n(-c2ccc(COO)cc2)c(=O)c1=Cc1ccco1. The summed E-state index contributed by atoms with van der Waals surface area (Å²) >= 11 is 0. The average molecular weight is 298 g/mol. The smallest absolute Gasteiger partial charge is 0.279 e. The number of nitrogens with one attached hydrogen (secondary N) is 1. The molecule has 0 fully saturated rings. The predicted molar refractivity (Wildman–Crippen MR) is 80.9 cm³/mol. The summed E-state index contributed by atoms with van der Waals surface area (Å²) in [7, 11) is 0. The van der Waals surface area contributed by atoms with Crippen LogP contribution in [0.15, 0.2) is 51.9 Å². The van der Waals surface area contributed by atoms with Crippen molar-refractivity contribution >= 4 is 12.7 Å². The molecule has 6 heteroatoms. The molecular weight excluding hydrogens is 284 g/mol. The summed E-state index contributed by atoms with van der Waals surface area (Å²) in [4.78, 5) is 16.6. The third-order valence-electron chi connectivity index (χ3n) is 3.26. The summed E-state index contributed by atoms with van der Waals surface area (Å²) < 4.78 is 6.63. The Hall–Kier alpha value is -2.83. The van der Waals surface area contributed by atoms with E-state index in [9.17, 15) is 4.79 Å². The van der Waals surface area contributed by atoms with Crippen molar-refractivity contribution in [1.82, 2.24) is 9.78 Å². The van der Waals surface area contributed by atoms with Crippen LogP contribution in [0.1, 0.15) is 11.3 Å². The Bertz CT molecular complexity index is 918. The van der Waals surface area contributed by atoms with Gasteiger partial charge in [-0.2, -0.15) is 0 Å². The molecule has 112 valence electrons. The van der Waals surface area contributed by atoms with Gasteiger partial charge in [0.25, 0.3) is 5.56 Å². The largest absolute Gasteiger partial charge is 0.465 e. The maximum atomic E-state index is 12.5. The van der Waals surface area contributed by atoms with E-state index in [1.807, 2.05) is 0 Å². The van der Waals surface area contributed by atoms with Gasteiger partial charge in [-0.05, 0) is 35.9 Å². The van der Waals surface area contributed by atoms with Gasteiger partial charge < -0.3 is 4.42 Å². The van der Waals surface area contributed by atoms with Gasteiger partial charge in [0.15, 0.2) is 0 Å². The lowest BCUT2D eigenvalue weighted by atomic mass is 10.2. The van der Waals surface area contributed by atoms with E-state index in [2.05, 4.69) is 16.6 Å². The van der Waals surface area contributed by atoms with Crippen molar-refractivity contribution in [3.8, 4) is 5.69 Å². The Morgan fingerprint density at radius 3 is 2.73 bits per heavy atom. The number of H-pyrrole nitrogens is 1. The van der Waals surface area contributed by atoms with E-state index in [1.165, 1.54) is 4.68 Å². The highest BCUT2D eigenvalue weighted by Gasteiger charge is 2.05. The molecule has 0 atom stereocenters. The van der Waals surface area contributed by atoms with Crippen molar-refractivity contribution in [3.63, 3.8) is 0 Å². The van der Waals surface area contributed by atoms with Crippen LogP contribution in [0.4, 0.5) is 0 Å². The molecule has 0 saturated carbocycles. The van der Waals surface area contributed by atoms with E-state index in [1.54, 1.807) is 48.7 Å². The van der Waals surface area contributed by atoms with Gasteiger partial charge in [-0.25, -0.2) is 9.57 Å². The van der Waals surface area contributed by atoms with Gasteiger partial charge in [0.05, 0.1) is 22.5 Å². The number of rotatable bonds is 4. The van der Waals surface area contributed by atoms with Crippen LogP contribution >= 0.6 is 0 Å². The standard InChI is InChI=1S/C16H14N2O4/c1-11-15(9-14-3-2-8-21-14)16(19)18(17-11)13-6-4-12(5-7-13)10-22-20/h2-9,17,20H,1,10H2. The maximum absolute atomic E-state index is 12.5. The second kappa shape index (κ2) is 5.88. The molecule has 2 aromatic heterocycles. The molecule has 0 spiro atoms. The van der Waals surface area contributed by atoms with E-state index in [0.29, 0.717) is 22.0 Å². The molecule has 0 aliphatic carbocycles. The monoisotopic (exact) mass is 298 g/mol. The normalized spacial score (nSPS) is 12.0. The fourth-order valence-corrected chi connectivity index (χ4v) is 2.16. The quantitative estimate of drug-likeness (QED) is 0.556. The third kappa shape index (κ3) is 2.65. The van der Waals surface area contributed by atoms with Crippen molar-refractivity contribution in [2.45, 2.75) is 6.61 Å². The number of aromatic nitrogens is 2. The zero-order valence-electron chi connectivity index (χ0n) is 11.7. The van der Waals surface area contributed by atoms with Gasteiger partial charge in [-0.15, -0.1) is 0 Å². The number of hydrogen-bond donors (Lipinski definition) is 2. The van der Waals surface area contributed by atoms with Crippen molar-refractivity contribution in [2.24, 2.45) is 0 Å². The molecule has 0 aliphatic heterocycles. The Morgan fingerprint density at radius 1 is 1.32 bits per heavy atom. The van der Waals surface area contributed by atoms with Crippen LogP contribution in [0.5, 0.6) is 0 Å². The second-order valence-electron chi connectivity index (χ2n) is 4.74. The van der Waals surface area contributed by atoms with Crippen LogP contribution in [0.2, 0.25) is 0 Å². The van der Waals surface area contributed by atoms with Crippen LogP contribution in [0, 0.1) is 0 Å². The molecule has 2 heterocycles. The van der Waals surface area contributed by atoms with Crippen LogP contribution in [0.3, 0.4) is 0 Å². The van der Waals surface area contributed by atoms with Gasteiger partial charge in [-0.1, -0.05) is 18.7 Å². The van der Waals surface area contributed by atoms with E-state index >= 15 is 0 Å². The van der Waals surface area contributed by atoms with Gasteiger partial charge in [0.2, 0.25) is 0 Å². The fraction of sp³-hybridized carbons (Fsp3) is 0.0625. The molecule has 22 heavy (non-hydrogen) atoms. The summed E-state index contributed by atoms with van der Waals surface area (Å²) in [6.45, 7) is 3.95. The lowest BCUT2D eigenvalue weighted by Crippen LogP contribution is -2.33. The Balaban J connectivity index is 2.06.